The Labute approximate surface area is 105 Å². The average Bonchev–Trinajstić information content (AvgIpc) is 2.90. The highest BCUT2D eigenvalue weighted by Crippen LogP contribution is 2.38. The van der Waals surface area contributed by atoms with Crippen LogP contribution in [0.5, 0.6) is 0 Å². The third kappa shape index (κ3) is 2.31. The largest absolute Gasteiger partial charge is 0.0807 e. The Bertz CT molecular complexity index is 375. The van der Waals surface area contributed by atoms with Gasteiger partial charge in [-0.25, -0.2) is 0 Å². The maximum absolute atomic E-state index is 2.48. The summed E-state index contributed by atoms with van der Waals surface area (Å²) in [6.45, 7) is 0. The monoisotopic (exact) mass is 226 g/mol. The number of allylic oxidation sites excluding steroid dienone is 8. The SMILES string of the molecule is C1=C(C2=CCC=C2C2=CCCCC2)CCCC1. The summed E-state index contributed by atoms with van der Waals surface area (Å²) in [5, 5.41) is 0. The first kappa shape index (κ1) is 11.1. The van der Waals surface area contributed by atoms with E-state index in [4.69, 9.17) is 0 Å². The average molecular weight is 226 g/mol. The van der Waals surface area contributed by atoms with Gasteiger partial charge >= 0.3 is 0 Å². The third-order valence-electron chi connectivity index (χ3n) is 4.21. The molecule has 0 atom stereocenters. The maximum Gasteiger partial charge on any atom is -0.0151 e. The zero-order valence-corrected chi connectivity index (χ0v) is 10.7. The van der Waals surface area contributed by atoms with Gasteiger partial charge < -0.3 is 0 Å². The minimum absolute atomic E-state index is 1.15. The smallest absolute Gasteiger partial charge is 0.0151 e. The summed E-state index contributed by atoms with van der Waals surface area (Å²) in [5.74, 6) is 0. The van der Waals surface area contributed by atoms with Crippen molar-refractivity contribution in [3.63, 3.8) is 0 Å². The molecule has 0 fully saturated rings. The molecule has 0 amide bonds. The van der Waals surface area contributed by atoms with Crippen LogP contribution in [-0.2, 0) is 0 Å². The van der Waals surface area contributed by atoms with Crippen molar-refractivity contribution in [3.8, 4) is 0 Å². The van der Waals surface area contributed by atoms with Gasteiger partial charge in [-0.15, -0.1) is 0 Å². The zero-order chi connectivity index (χ0) is 11.5. The Kier molecular flexibility index (Phi) is 3.31. The van der Waals surface area contributed by atoms with E-state index >= 15 is 0 Å². The number of hydrogen-bond donors (Lipinski definition) is 0. The molecule has 0 aromatic rings. The van der Waals surface area contributed by atoms with Crippen LogP contribution in [-0.4, -0.2) is 0 Å². The first-order chi connectivity index (χ1) is 8.45. The summed E-state index contributed by atoms with van der Waals surface area (Å²) in [7, 11) is 0. The van der Waals surface area contributed by atoms with Gasteiger partial charge in [-0.3, -0.25) is 0 Å². The first-order valence-corrected chi connectivity index (χ1v) is 7.24. The molecule has 90 valence electrons. The van der Waals surface area contributed by atoms with Crippen LogP contribution in [0.4, 0.5) is 0 Å². The minimum atomic E-state index is 1.15. The molecule has 0 N–H and O–H groups in total. The van der Waals surface area contributed by atoms with Crippen LogP contribution in [0.2, 0.25) is 0 Å². The van der Waals surface area contributed by atoms with Crippen molar-refractivity contribution in [1.82, 2.24) is 0 Å². The molecule has 0 heterocycles. The van der Waals surface area contributed by atoms with Crippen LogP contribution in [0.3, 0.4) is 0 Å². The Morgan fingerprint density at radius 2 is 1.12 bits per heavy atom. The summed E-state index contributed by atoms with van der Waals surface area (Å²) < 4.78 is 0. The molecule has 3 aliphatic carbocycles. The Balaban J connectivity index is 1.83. The Hall–Kier alpha value is -1.04. The van der Waals surface area contributed by atoms with E-state index in [2.05, 4.69) is 24.3 Å². The van der Waals surface area contributed by atoms with Crippen molar-refractivity contribution in [3.05, 3.63) is 46.6 Å². The molecule has 3 rings (SSSR count). The molecule has 0 aromatic heterocycles. The Morgan fingerprint density at radius 3 is 1.53 bits per heavy atom. The molecular formula is C17H22. The van der Waals surface area contributed by atoms with Crippen LogP contribution in [0.25, 0.3) is 0 Å². The standard InChI is InChI=1S/C17H22/c1-3-8-14(9-4-1)16-12-7-13-17(16)15-10-5-2-6-11-15/h8,10,12-13H,1-7,9,11H2. The molecule has 0 aromatic carbocycles. The van der Waals surface area contributed by atoms with Gasteiger partial charge in [-0.05, 0) is 80.1 Å². The van der Waals surface area contributed by atoms with E-state index in [-0.39, 0.29) is 0 Å². The summed E-state index contributed by atoms with van der Waals surface area (Å²) in [6.07, 6.45) is 21.7. The van der Waals surface area contributed by atoms with Crippen LogP contribution in [0.15, 0.2) is 46.6 Å². The van der Waals surface area contributed by atoms with Gasteiger partial charge in [-0.1, -0.05) is 24.3 Å². The van der Waals surface area contributed by atoms with Crippen molar-refractivity contribution in [1.29, 1.82) is 0 Å². The molecule has 0 spiro atoms. The highest BCUT2D eigenvalue weighted by molar-refractivity contribution is 5.59. The van der Waals surface area contributed by atoms with Gasteiger partial charge in [0, 0.05) is 0 Å². The normalized spacial score (nSPS) is 24.9. The van der Waals surface area contributed by atoms with E-state index in [9.17, 15) is 0 Å². The van der Waals surface area contributed by atoms with Crippen molar-refractivity contribution < 1.29 is 0 Å². The van der Waals surface area contributed by atoms with Gasteiger partial charge in [0.05, 0.1) is 0 Å². The van der Waals surface area contributed by atoms with E-state index in [0.29, 0.717) is 0 Å². The lowest BCUT2D eigenvalue weighted by Gasteiger charge is -2.20. The predicted molar refractivity (Wildman–Crippen MR) is 73.9 cm³/mol. The fourth-order valence-corrected chi connectivity index (χ4v) is 3.29. The van der Waals surface area contributed by atoms with Crippen LogP contribution >= 0.6 is 0 Å². The summed E-state index contributed by atoms with van der Waals surface area (Å²) in [6, 6.07) is 0. The van der Waals surface area contributed by atoms with E-state index in [1.165, 1.54) is 51.4 Å². The van der Waals surface area contributed by atoms with Crippen LogP contribution in [0, 0.1) is 0 Å². The molecule has 0 aliphatic heterocycles. The number of hydrogen-bond acceptors (Lipinski definition) is 0. The highest BCUT2D eigenvalue weighted by Gasteiger charge is 2.19. The van der Waals surface area contributed by atoms with Crippen LogP contribution in [0.1, 0.15) is 57.8 Å². The second kappa shape index (κ2) is 5.08. The second-order valence-electron chi connectivity index (χ2n) is 5.42. The molecule has 17 heavy (non-hydrogen) atoms. The minimum Gasteiger partial charge on any atom is -0.0807 e. The first-order valence-electron chi connectivity index (χ1n) is 7.24. The molecule has 0 bridgehead atoms. The topological polar surface area (TPSA) is 0 Å². The summed E-state index contributed by atoms with van der Waals surface area (Å²) >= 11 is 0. The molecule has 0 nitrogen and oxygen atoms in total. The quantitative estimate of drug-likeness (QED) is 0.603. The van der Waals surface area contributed by atoms with E-state index < -0.39 is 0 Å². The third-order valence-corrected chi connectivity index (χ3v) is 4.21. The lowest BCUT2D eigenvalue weighted by atomic mass is 9.85. The zero-order valence-electron chi connectivity index (χ0n) is 10.7. The fraction of sp³-hybridized carbons (Fsp3) is 0.529. The van der Waals surface area contributed by atoms with Gasteiger partial charge in [0.25, 0.3) is 0 Å². The molecular weight excluding hydrogens is 204 g/mol. The lowest BCUT2D eigenvalue weighted by molar-refractivity contribution is 0.698. The van der Waals surface area contributed by atoms with Crippen molar-refractivity contribution in [2.45, 2.75) is 57.8 Å². The lowest BCUT2D eigenvalue weighted by Crippen LogP contribution is -2.01. The summed E-state index contributed by atoms with van der Waals surface area (Å²) in [4.78, 5) is 0. The van der Waals surface area contributed by atoms with Gasteiger partial charge in [0.2, 0.25) is 0 Å². The van der Waals surface area contributed by atoms with E-state index in [1.54, 1.807) is 22.3 Å². The molecule has 3 aliphatic rings. The van der Waals surface area contributed by atoms with Gasteiger partial charge in [0.1, 0.15) is 0 Å². The Morgan fingerprint density at radius 1 is 0.588 bits per heavy atom. The van der Waals surface area contributed by atoms with Crippen molar-refractivity contribution in [2.75, 3.05) is 0 Å². The maximum atomic E-state index is 2.48. The molecule has 0 unspecified atom stereocenters. The molecule has 0 saturated carbocycles. The molecule has 0 saturated heterocycles. The number of rotatable bonds is 2. The fourth-order valence-electron chi connectivity index (χ4n) is 3.29. The summed E-state index contributed by atoms with van der Waals surface area (Å²) in [5.41, 5.74) is 6.42. The van der Waals surface area contributed by atoms with Crippen LogP contribution < -0.4 is 0 Å². The van der Waals surface area contributed by atoms with Crippen molar-refractivity contribution in [2.24, 2.45) is 0 Å². The molecule has 0 heteroatoms. The highest BCUT2D eigenvalue weighted by atomic mass is 14.2. The van der Waals surface area contributed by atoms with E-state index in [0.717, 1.165) is 6.42 Å². The van der Waals surface area contributed by atoms with Crippen molar-refractivity contribution >= 4 is 0 Å². The van der Waals surface area contributed by atoms with Gasteiger partial charge in [0.15, 0.2) is 0 Å². The van der Waals surface area contributed by atoms with Gasteiger partial charge in [-0.2, -0.15) is 0 Å². The second-order valence-corrected chi connectivity index (χ2v) is 5.42. The van der Waals surface area contributed by atoms with E-state index in [1.807, 2.05) is 0 Å². The predicted octanol–water partition coefficient (Wildman–Crippen LogP) is 5.24. The molecule has 0 radical (unpaired) electrons.